The van der Waals surface area contributed by atoms with Gasteiger partial charge in [0.05, 0.1) is 36.3 Å². The number of hydrogen-bond donors (Lipinski definition) is 0. The van der Waals surface area contributed by atoms with Crippen molar-refractivity contribution in [2.75, 3.05) is 42.6 Å². The van der Waals surface area contributed by atoms with Gasteiger partial charge in [-0.25, -0.2) is 14.4 Å². The second-order valence-electron chi connectivity index (χ2n) is 7.48. The summed E-state index contributed by atoms with van der Waals surface area (Å²) in [6, 6.07) is 6.90. The van der Waals surface area contributed by atoms with Crippen LogP contribution in [0.15, 0.2) is 36.8 Å². The van der Waals surface area contributed by atoms with Gasteiger partial charge < -0.3 is 14.5 Å². The first kappa shape index (κ1) is 17.3. The van der Waals surface area contributed by atoms with Crippen LogP contribution in [0.4, 0.5) is 15.9 Å². The van der Waals surface area contributed by atoms with Crippen molar-refractivity contribution in [2.24, 2.45) is 0 Å². The number of halogens is 1. The fourth-order valence-corrected chi connectivity index (χ4v) is 4.19. The van der Waals surface area contributed by atoms with Gasteiger partial charge in [-0.15, -0.1) is 0 Å². The second-order valence-corrected chi connectivity index (χ2v) is 7.48. The highest BCUT2D eigenvalue weighted by molar-refractivity contribution is 5.89. The summed E-state index contributed by atoms with van der Waals surface area (Å²) in [5.41, 5.74) is 4.23. The zero-order valence-corrected chi connectivity index (χ0v) is 15.8. The van der Waals surface area contributed by atoms with Crippen molar-refractivity contribution in [1.82, 2.24) is 15.0 Å². The van der Waals surface area contributed by atoms with Crippen molar-refractivity contribution in [2.45, 2.75) is 19.4 Å². The molecule has 1 fully saturated rings. The number of aromatic nitrogens is 3. The number of fused-ring (bicyclic) bond motifs is 2. The van der Waals surface area contributed by atoms with Crippen LogP contribution in [-0.4, -0.2) is 47.8 Å². The molecular weight excluding hydrogens is 357 g/mol. The molecule has 2 aliphatic heterocycles. The Labute approximate surface area is 163 Å². The Bertz CT molecular complexity index is 1020. The van der Waals surface area contributed by atoms with Crippen LogP contribution in [0.5, 0.6) is 0 Å². The van der Waals surface area contributed by atoms with E-state index in [1.165, 1.54) is 17.7 Å². The Morgan fingerprint density at radius 2 is 1.93 bits per heavy atom. The first-order valence-corrected chi connectivity index (χ1v) is 9.66. The van der Waals surface area contributed by atoms with E-state index in [2.05, 4.69) is 32.8 Å². The van der Waals surface area contributed by atoms with Crippen LogP contribution >= 0.6 is 0 Å². The van der Waals surface area contributed by atoms with Gasteiger partial charge in [-0.05, 0) is 29.8 Å². The number of hydrogen-bond acceptors (Lipinski definition) is 6. The monoisotopic (exact) mass is 379 g/mol. The van der Waals surface area contributed by atoms with Crippen molar-refractivity contribution < 1.29 is 9.13 Å². The summed E-state index contributed by atoms with van der Waals surface area (Å²) in [5.74, 6) is 0.769. The standard InChI is InChI=1S/C21H22FN5O/c1-14-11-27(21-18-9-16(22)2-3-19(18)24-13-25-21)12-15-8-17(10-23-20(14)15)26-4-6-28-7-5-26/h2-3,8-10,13-14H,4-7,11-12H2,1H3/t14-/m1/s1. The van der Waals surface area contributed by atoms with E-state index in [-0.39, 0.29) is 11.7 Å². The van der Waals surface area contributed by atoms with Gasteiger partial charge in [0, 0.05) is 37.5 Å². The Morgan fingerprint density at radius 1 is 1.07 bits per heavy atom. The highest BCUT2D eigenvalue weighted by Gasteiger charge is 2.27. The highest BCUT2D eigenvalue weighted by atomic mass is 19.1. The number of benzene rings is 1. The van der Waals surface area contributed by atoms with Crippen molar-refractivity contribution in [3.63, 3.8) is 0 Å². The minimum Gasteiger partial charge on any atom is -0.378 e. The molecule has 28 heavy (non-hydrogen) atoms. The Morgan fingerprint density at radius 3 is 2.79 bits per heavy atom. The fraction of sp³-hybridized carbons (Fsp3) is 0.381. The lowest BCUT2D eigenvalue weighted by atomic mass is 9.95. The zero-order valence-electron chi connectivity index (χ0n) is 15.8. The third-order valence-electron chi connectivity index (χ3n) is 5.56. The molecule has 144 valence electrons. The number of rotatable bonds is 2. The van der Waals surface area contributed by atoms with Gasteiger partial charge in [-0.2, -0.15) is 0 Å². The predicted molar refractivity (Wildman–Crippen MR) is 106 cm³/mol. The molecule has 0 radical (unpaired) electrons. The van der Waals surface area contributed by atoms with Crippen LogP contribution in [0.3, 0.4) is 0 Å². The number of anilines is 2. The molecule has 1 atom stereocenters. The van der Waals surface area contributed by atoms with Crippen molar-refractivity contribution in [3.8, 4) is 0 Å². The third kappa shape index (κ3) is 3.05. The molecule has 0 bridgehead atoms. The van der Waals surface area contributed by atoms with Crippen molar-refractivity contribution in [1.29, 1.82) is 0 Å². The average Bonchev–Trinajstić information content (AvgIpc) is 2.73. The summed E-state index contributed by atoms with van der Waals surface area (Å²) in [5, 5.41) is 0.746. The van der Waals surface area contributed by atoms with Gasteiger partial charge in [-0.1, -0.05) is 6.92 Å². The normalized spacial score (nSPS) is 19.7. The minimum absolute atomic E-state index is 0.265. The molecule has 6 nitrogen and oxygen atoms in total. The van der Waals surface area contributed by atoms with E-state index in [4.69, 9.17) is 9.72 Å². The lowest BCUT2D eigenvalue weighted by Crippen LogP contribution is -2.37. The van der Waals surface area contributed by atoms with Gasteiger partial charge >= 0.3 is 0 Å². The largest absolute Gasteiger partial charge is 0.378 e. The van der Waals surface area contributed by atoms with Crippen LogP contribution in [0, 0.1) is 5.82 Å². The summed E-state index contributed by atoms with van der Waals surface area (Å²) >= 11 is 0. The first-order valence-electron chi connectivity index (χ1n) is 9.66. The van der Waals surface area contributed by atoms with E-state index in [0.717, 1.165) is 61.0 Å². The van der Waals surface area contributed by atoms with Gasteiger partial charge in [0.15, 0.2) is 0 Å². The van der Waals surface area contributed by atoms with Gasteiger partial charge in [0.2, 0.25) is 0 Å². The maximum atomic E-state index is 13.9. The quantitative estimate of drug-likeness (QED) is 0.682. The van der Waals surface area contributed by atoms with Crippen LogP contribution < -0.4 is 9.80 Å². The molecule has 5 rings (SSSR count). The zero-order chi connectivity index (χ0) is 19.1. The number of pyridine rings is 1. The van der Waals surface area contributed by atoms with E-state index in [1.54, 1.807) is 12.4 Å². The Hall–Kier alpha value is -2.80. The minimum atomic E-state index is -0.273. The van der Waals surface area contributed by atoms with E-state index in [0.29, 0.717) is 6.54 Å². The van der Waals surface area contributed by atoms with Gasteiger partial charge in [0.1, 0.15) is 18.0 Å². The molecular formula is C21H22FN5O. The first-order chi connectivity index (χ1) is 13.7. The van der Waals surface area contributed by atoms with Crippen molar-refractivity contribution in [3.05, 3.63) is 53.9 Å². The summed E-state index contributed by atoms with van der Waals surface area (Å²) in [7, 11) is 0. The molecule has 0 amide bonds. The van der Waals surface area contributed by atoms with Gasteiger partial charge in [0.25, 0.3) is 0 Å². The van der Waals surface area contributed by atoms with Gasteiger partial charge in [-0.3, -0.25) is 4.98 Å². The van der Waals surface area contributed by atoms with E-state index in [9.17, 15) is 4.39 Å². The SMILES string of the molecule is C[C@@H]1CN(c2ncnc3ccc(F)cc23)Cc2cc(N3CCOCC3)cnc21. The van der Waals surface area contributed by atoms with Crippen LogP contribution in [0.1, 0.15) is 24.1 Å². The summed E-state index contributed by atoms with van der Waals surface area (Å²) in [4.78, 5) is 18.1. The van der Waals surface area contributed by atoms with Crippen LogP contribution in [0.25, 0.3) is 10.9 Å². The molecule has 1 aromatic carbocycles. The number of ether oxygens (including phenoxy) is 1. The molecule has 2 aromatic heterocycles. The highest BCUT2D eigenvalue weighted by Crippen LogP contribution is 2.34. The molecule has 4 heterocycles. The molecule has 0 N–H and O–H groups in total. The summed E-state index contributed by atoms with van der Waals surface area (Å²) in [6.45, 7) is 6.94. The molecule has 0 aliphatic carbocycles. The molecule has 0 spiro atoms. The summed E-state index contributed by atoms with van der Waals surface area (Å²) < 4.78 is 19.3. The fourth-order valence-electron chi connectivity index (χ4n) is 4.19. The smallest absolute Gasteiger partial charge is 0.140 e. The maximum Gasteiger partial charge on any atom is 0.140 e. The predicted octanol–water partition coefficient (Wildman–Crippen LogP) is 3.12. The average molecular weight is 379 g/mol. The molecule has 7 heteroatoms. The second kappa shape index (κ2) is 6.98. The van der Waals surface area contributed by atoms with E-state index in [1.807, 2.05) is 6.20 Å². The molecule has 0 saturated carbocycles. The van der Waals surface area contributed by atoms with E-state index >= 15 is 0 Å². The molecule has 0 unspecified atom stereocenters. The topological polar surface area (TPSA) is 54.4 Å². The Kier molecular flexibility index (Phi) is 4.31. The summed E-state index contributed by atoms with van der Waals surface area (Å²) in [6.07, 6.45) is 3.53. The molecule has 3 aromatic rings. The molecule has 1 saturated heterocycles. The Balaban J connectivity index is 1.51. The lowest BCUT2D eigenvalue weighted by molar-refractivity contribution is 0.122. The maximum absolute atomic E-state index is 13.9. The number of morpholine rings is 1. The third-order valence-corrected chi connectivity index (χ3v) is 5.56. The molecule has 2 aliphatic rings. The number of nitrogens with zero attached hydrogens (tertiary/aromatic N) is 5. The van der Waals surface area contributed by atoms with Crippen LogP contribution in [0.2, 0.25) is 0 Å². The van der Waals surface area contributed by atoms with Crippen molar-refractivity contribution >= 4 is 22.4 Å². The lowest BCUT2D eigenvalue weighted by Gasteiger charge is -2.35. The van der Waals surface area contributed by atoms with Crippen LogP contribution in [-0.2, 0) is 11.3 Å². The van der Waals surface area contributed by atoms with E-state index < -0.39 is 0 Å².